The molecule has 1 atom stereocenters. The van der Waals surface area contributed by atoms with Crippen LogP contribution >= 0.6 is 0 Å². The minimum absolute atomic E-state index is 0.00343. The van der Waals surface area contributed by atoms with Gasteiger partial charge < -0.3 is 0 Å². The van der Waals surface area contributed by atoms with Gasteiger partial charge in [-0.15, -0.1) is 0 Å². The van der Waals surface area contributed by atoms with Crippen LogP contribution in [0.25, 0.3) is 0 Å². The summed E-state index contributed by atoms with van der Waals surface area (Å²) < 4.78 is 13.6. The Morgan fingerprint density at radius 1 is 1.38 bits per heavy atom. The van der Waals surface area contributed by atoms with E-state index >= 15 is 0 Å². The Labute approximate surface area is 79.7 Å². The summed E-state index contributed by atoms with van der Waals surface area (Å²) in [6, 6.07) is 0. The molecule has 1 rings (SSSR count). The van der Waals surface area contributed by atoms with Crippen molar-refractivity contribution >= 4 is 5.78 Å². The van der Waals surface area contributed by atoms with Gasteiger partial charge in [-0.05, 0) is 26.2 Å². The molecule has 1 aliphatic rings. The lowest BCUT2D eigenvalue weighted by Crippen LogP contribution is -2.36. The van der Waals surface area contributed by atoms with Gasteiger partial charge in [0.25, 0.3) is 0 Å². The van der Waals surface area contributed by atoms with E-state index in [2.05, 4.69) is 0 Å². The first-order chi connectivity index (χ1) is 6.08. The van der Waals surface area contributed by atoms with Crippen molar-refractivity contribution in [1.82, 2.24) is 0 Å². The third-order valence-electron chi connectivity index (χ3n) is 3.15. The molecular weight excluding hydrogens is 167 g/mol. The molecule has 13 heavy (non-hydrogen) atoms. The van der Waals surface area contributed by atoms with Gasteiger partial charge in [0, 0.05) is 5.92 Å². The van der Waals surface area contributed by atoms with Crippen LogP contribution in [0.4, 0.5) is 4.39 Å². The SMILES string of the molecule is CCC(C)(F)C(=O)C1CCCCC1. The minimum atomic E-state index is -1.58. The molecule has 0 saturated heterocycles. The molecule has 1 fully saturated rings. The molecule has 2 heteroatoms. The molecule has 0 aromatic rings. The zero-order valence-electron chi connectivity index (χ0n) is 8.61. The van der Waals surface area contributed by atoms with Gasteiger partial charge in [-0.2, -0.15) is 0 Å². The summed E-state index contributed by atoms with van der Waals surface area (Å²) in [6.45, 7) is 3.16. The highest BCUT2D eigenvalue weighted by molar-refractivity contribution is 5.88. The first kappa shape index (κ1) is 10.7. The third kappa shape index (κ3) is 2.52. The average Bonchev–Trinajstić information content (AvgIpc) is 2.18. The molecule has 0 radical (unpaired) electrons. The van der Waals surface area contributed by atoms with Gasteiger partial charge >= 0.3 is 0 Å². The van der Waals surface area contributed by atoms with E-state index in [9.17, 15) is 9.18 Å². The van der Waals surface area contributed by atoms with E-state index in [4.69, 9.17) is 0 Å². The second-order valence-electron chi connectivity index (χ2n) is 4.25. The molecule has 0 aliphatic heterocycles. The van der Waals surface area contributed by atoms with Crippen molar-refractivity contribution in [3.63, 3.8) is 0 Å². The van der Waals surface area contributed by atoms with Crippen molar-refractivity contribution in [2.24, 2.45) is 5.92 Å². The molecule has 0 bridgehead atoms. The molecule has 1 unspecified atom stereocenters. The standard InChI is InChI=1S/C11H19FO/c1-3-11(2,12)10(13)9-7-5-4-6-8-9/h9H,3-8H2,1-2H3. The number of ketones is 1. The predicted octanol–water partition coefficient (Wildman–Crippen LogP) is 3.27. The van der Waals surface area contributed by atoms with Crippen LogP contribution in [0.3, 0.4) is 0 Å². The van der Waals surface area contributed by atoms with Crippen molar-refractivity contribution < 1.29 is 9.18 Å². The zero-order chi connectivity index (χ0) is 9.90. The van der Waals surface area contributed by atoms with Gasteiger partial charge in [-0.1, -0.05) is 26.2 Å². The lowest BCUT2D eigenvalue weighted by molar-refractivity contribution is -0.134. The van der Waals surface area contributed by atoms with E-state index in [1.54, 1.807) is 6.92 Å². The molecule has 76 valence electrons. The van der Waals surface area contributed by atoms with E-state index in [1.807, 2.05) is 0 Å². The Bertz CT molecular complexity index is 181. The summed E-state index contributed by atoms with van der Waals surface area (Å²) in [5, 5.41) is 0. The van der Waals surface area contributed by atoms with E-state index in [0.717, 1.165) is 25.7 Å². The van der Waals surface area contributed by atoms with Crippen LogP contribution in [-0.2, 0) is 4.79 Å². The van der Waals surface area contributed by atoms with Gasteiger partial charge in [-0.25, -0.2) is 4.39 Å². The van der Waals surface area contributed by atoms with Crippen molar-refractivity contribution in [2.45, 2.75) is 58.0 Å². The summed E-state index contributed by atoms with van der Waals surface area (Å²) >= 11 is 0. The fourth-order valence-electron chi connectivity index (χ4n) is 1.96. The van der Waals surface area contributed by atoms with Gasteiger partial charge in [0.1, 0.15) is 0 Å². The number of carbonyl (C=O) groups excluding carboxylic acids is 1. The summed E-state index contributed by atoms with van der Waals surface area (Å²) in [4.78, 5) is 11.7. The Hall–Kier alpha value is -0.400. The Kier molecular flexibility index (Phi) is 3.46. The maximum absolute atomic E-state index is 13.6. The average molecular weight is 186 g/mol. The largest absolute Gasteiger partial charge is 0.296 e. The summed E-state index contributed by atoms with van der Waals surface area (Å²) in [5.74, 6) is -0.154. The number of carbonyl (C=O) groups is 1. The molecule has 1 aliphatic carbocycles. The van der Waals surface area contributed by atoms with Crippen molar-refractivity contribution in [1.29, 1.82) is 0 Å². The van der Waals surface area contributed by atoms with Crippen LogP contribution in [0.1, 0.15) is 52.4 Å². The minimum Gasteiger partial charge on any atom is -0.296 e. The van der Waals surface area contributed by atoms with Crippen LogP contribution in [0.15, 0.2) is 0 Å². The van der Waals surface area contributed by atoms with Gasteiger partial charge in [0.05, 0.1) is 0 Å². The number of hydrogen-bond donors (Lipinski definition) is 0. The third-order valence-corrected chi connectivity index (χ3v) is 3.15. The van der Waals surface area contributed by atoms with E-state index in [1.165, 1.54) is 13.3 Å². The van der Waals surface area contributed by atoms with Crippen molar-refractivity contribution in [2.75, 3.05) is 0 Å². The number of hydrogen-bond acceptors (Lipinski definition) is 1. The highest BCUT2D eigenvalue weighted by Crippen LogP contribution is 2.30. The topological polar surface area (TPSA) is 17.1 Å². The molecule has 0 aromatic heterocycles. The zero-order valence-corrected chi connectivity index (χ0v) is 8.61. The predicted molar refractivity (Wildman–Crippen MR) is 51.4 cm³/mol. The maximum atomic E-state index is 13.6. The van der Waals surface area contributed by atoms with E-state index in [0.29, 0.717) is 6.42 Å². The van der Waals surface area contributed by atoms with Crippen LogP contribution in [0, 0.1) is 5.92 Å². The van der Waals surface area contributed by atoms with Crippen molar-refractivity contribution in [3.8, 4) is 0 Å². The quantitative estimate of drug-likeness (QED) is 0.661. The van der Waals surface area contributed by atoms with E-state index in [-0.39, 0.29) is 11.7 Å². The molecular formula is C11H19FO. The number of alkyl halides is 1. The number of halogens is 1. The lowest BCUT2D eigenvalue weighted by Gasteiger charge is -2.26. The number of rotatable bonds is 3. The molecule has 0 amide bonds. The normalized spacial score (nSPS) is 23.9. The monoisotopic (exact) mass is 186 g/mol. The lowest BCUT2D eigenvalue weighted by atomic mass is 9.80. The Morgan fingerprint density at radius 2 is 1.92 bits per heavy atom. The smallest absolute Gasteiger partial charge is 0.172 e. The van der Waals surface area contributed by atoms with Crippen LogP contribution in [0.2, 0.25) is 0 Å². The van der Waals surface area contributed by atoms with Gasteiger partial charge in [0.2, 0.25) is 0 Å². The van der Waals surface area contributed by atoms with Gasteiger partial charge in [0.15, 0.2) is 11.5 Å². The fraction of sp³-hybridized carbons (Fsp3) is 0.909. The second kappa shape index (κ2) is 4.21. The number of Topliss-reactive ketones (excluding diaryl/α,β-unsaturated/α-hetero) is 1. The highest BCUT2D eigenvalue weighted by Gasteiger charge is 2.36. The summed E-state index contributed by atoms with van der Waals surface area (Å²) in [7, 11) is 0. The highest BCUT2D eigenvalue weighted by atomic mass is 19.1. The second-order valence-corrected chi connectivity index (χ2v) is 4.25. The summed E-state index contributed by atoms with van der Waals surface area (Å²) in [6.07, 6.45) is 5.50. The first-order valence-electron chi connectivity index (χ1n) is 5.31. The van der Waals surface area contributed by atoms with Crippen molar-refractivity contribution in [3.05, 3.63) is 0 Å². The molecule has 1 saturated carbocycles. The molecule has 0 aromatic carbocycles. The van der Waals surface area contributed by atoms with Crippen LogP contribution in [0.5, 0.6) is 0 Å². The molecule has 0 N–H and O–H groups in total. The van der Waals surface area contributed by atoms with E-state index < -0.39 is 5.67 Å². The molecule has 0 spiro atoms. The Morgan fingerprint density at radius 3 is 2.38 bits per heavy atom. The Balaban J connectivity index is 2.55. The first-order valence-corrected chi connectivity index (χ1v) is 5.31. The van der Waals surface area contributed by atoms with Crippen LogP contribution in [-0.4, -0.2) is 11.5 Å². The fourth-order valence-corrected chi connectivity index (χ4v) is 1.96. The summed E-state index contributed by atoms with van der Waals surface area (Å²) in [5.41, 5.74) is -1.58. The van der Waals surface area contributed by atoms with Crippen LogP contribution < -0.4 is 0 Å². The van der Waals surface area contributed by atoms with Gasteiger partial charge in [-0.3, -0.25) is 4.79 Å². The maximum Gasteiger partial charge on any atom is 0.172 e. The molecule has 1 nitrogen and oxygen atoms in total. The molecule has 0 heterocycles.